The van der Waals surface area contributed by atoms with Gasteiger partial charge in [-0.25, -0.2) is 36.9 Å². The summed E-state index contributed by atoms with van der Waals surface area (Å²) in [6.07, 6.45) is 1.27. The van der Waals surface area contributed by atoms with Gasteiger partial charge in [-0.1, -0.05) is 11.6 Å². The molecule has 16 nitrogen and oxygen atoms in total. The van der Waals surface area contributed by atoms with E-state index in [1.165, 1.54) is 0 Å². The van der Waals surface area contributed by atoms with Crippen molar-refractivity contribution in [1.82, 2.24) is 49.9 Å². The van der Waals surface area contributed by atoms with E-state index < -0.39 is 11.8 Å². The van der Waals surface area contributed by atoms with Crippen LogP contribution in [0.5, 0.6) is 0 Å². The fourth-order valence-electron chi connectivity index (χ4n) is 6.98. The minimum Gasteiger partial charge on any atom is -0.424 e. The number of hydrogen-bond donors (Lipinski definition) is 4. The van der Waals surface area contributed by atoms with Crippen molar-refractivity contribution in [3.8, 4) is 11.6 Å². The molecule has 8 rings (SSSR count). The highest BCUT2D eigenvalue weighted by atomic mass is 35.5. The van der Waals surface area contributed by atoms with Gasteiger partial charge in [0, 0.05) is 91.9 Å². The van der Waals surface area contributed by atoms with E-state index in [0.717, 1.165) is 28.5 Å². The van der Waals surface area contributed by atoms with E-state index in [4.69, 9.17) is 26.2 Å². The molecule has 0 bridgehead atoms. The number of aromatic nitrogens is 10. The number of hydrogen-bond acceptors (Lipinski definition) is 14. The number of nitrogens with two attached hydrogens (primary N) is 1. The molecule has 0 radical (unpaired) electrons. The first kappa shape index (κ1) is 44.9. The molecule has 2 aliphatic rings. The Bertz CT molecular complexity index is 2360. The lowest BCUT2D eigenvalue weighted by atomic mass is 9.92. The summed E-state index contributed by atoms with van der Waals surface area (Å²) in [5, 5.41) is 34.3. The minimum atomic E-state index is -2.56. The third-order valence-electron chi connectivity index (χ3n) is 9.93. The van der Waals surface area contributed by atoms with Crippen LogP contribution in [0.25, 0.3) is 11.6 Å². The van der Waals surface area contributed by atoms with Gasteiger partial charge in [0.25, 0.3) is 0 Å². The molecule has 2 aliphatic carbocycles. The zero-order chi connectivity index (χ0) is 43.9. The van der Waals surface area contributed by atoms with Crippen molar-refractivity contribution in [2.24, 2.45) is 5.73 Å². The van der Waals surface area contributed by atoms with Crippen molar-refractivity contribution < 1.29 is 26.4 Å². The number of halogens is 5. The van der Waals surface area contributed by atoms with Crippen LogP contribution in [0.3, 0.4) is 0 Å². The van der Waals surface area contributed by atoms with Crippen LogP contribution >= 0.6 is 11.6 Å². The van der Waals surface area contributed by atoms with Gasteiger partial charge < -0.3 is 30.5 Å². The maximum Gasteiger partial charge on any atom is 0.248 e. The number of alkyl halides is 4. The molecule has 328 valence electrons. The smallest absolute Gasteiger partial charge is 0.248 e. The molecule has 0 aliphatic heterocycles. The summed E-state index contributed by atoms with van der Waals surface area (Å²) in [4.78, 5) is 9.20. The SMILES string of the molecule is Cc1cc(C)n(-c2cc(Cl)cc(NC3CCC(F)(F)CC3)n2)n1.Cc1cc(C)n(-c2cc(NCc3nnc(C)o3)cc(NC3CCC(F)(F)CC3)n2)n1.Cc1nnc(CN)o1. The topological polar surface area (TPSA) is 201 Å². The third-order valence-corrected chi connectivity index (χ3v) is 10.2. The van der Waals surface area contributed by atoms with Gasteiger partial charge >= 0.3 is 0 Å². The van der Waals surface area contributed by atoms with E-state index >= 15 is 0 Å². The molecule has 2 saturated carbocycles. The maximum atomic E-state index is 13.5. The van der Waals surface area contributed by atoms with Crippen molar-refractivity contribution in [1.29, 1.82) is 0 Å². The number of anilines is 3. The monoisotopic (exact) mass is 870 g/mol. The number of aryl methyl sites for hydroxylation is 6. The Labute approximate surface area is 355 Å². The normalized spacial score (nSPS) is 16.3. The second kappa shape index (κ2) is 19.4. The fraction of sp³-hybridized carbons (Fsp3) is 0.500. The summed E-state index contributed by atoms with van der Waals surface area (Å²) >= 11 is 6.18. The van der Waals surface area contributed by atoms with Crippen molar-refractivity contribution in [2.45, 2.75) is 130 Å². The quantitative estimate of drug-likeness (QED) is 0.0954. The number of pyridine rings is 2. The molecule has 0 atom stereocenters. The minimum absolute atomic E-state index is 0.00565. The van der Waals surface area contributed by atoms with Crippen LogP contribution in [0.1, 0.15) is 97.7 Å². The van der Waals surface area contributed by atoms with E-state index in [9.17, 15) is 17.6 Å². The Kier molecular flexibility index (Phi) is 14.3. The lowest BCUT2D eigenvalue weighted by molar-refractivity contribution is -0.0366. The van der Waals surface area contributed by atoms with Crippen LogP contribution in [0.2, 0.25) is 5.02 Å². The molecule has 6 heterocycles. The lowest BCUT2D eigenvalue weighted by Crippen LogP contribution is -2.32. The van der Waals surface area contributed by atoms with Gasteiger partial charge in [0.2, 0.25) is 35.4 Å². The average Bonchev–Trinajstić information content (AvgIpc) is 3.99. The van der Waals surface area contributed by atoms with E-state index in [2.05, 4.69) is 56.5 Å². The van der Waals surface area contributed by atoms with E-state index in [-0.39, 0.29) is 37.8 Å². The predicted octanol–water partition coefficient (Wildman–Crippen LogP) is 8.54. The van der Waals surface area contributed by atoms with Crippen molar-refractivity contribution in [2.75, 3.05) is 16.0 Å². The summed E-state index contributed by atoms with van der Waals surface area (Å²) in [7, 11) is 0. The Morgan fingerprint density at radius 1 is 0.656 bits per heavy atom. The summed E-state index contributed by atoms with van der Waals surface area (Å²) in [6, 6.07) is 11.1. The Hall–Kier alpha value is -5.63. The largest absolute Gasteiger partial charge is 0.424 e. The lowest BCUT2D eigenvalue weighted by Gasteiger charge is -2.29. The highest BCUT2D eigenvalue weighted by molar-refractivity contribution is 6.31. The summed E-state index contributed by atoms with van der Waals surface area (Å²) < 4.78 is 67.2. The first-order valence-corrected chi connectivity index (χ1v) is 20.4. The molecule has 6 aromatic rings. The van der Waals surface area contributed by atoms with E-state index in [1.54, 1.807) is 35.3 Å². The van der Waals surface area contributed by atoms with Gasteiger partial charge in [0.15, 0.2) is 11.6 Å². The number of nitrogens with one attached hydrogen (secondary N) is 3. The van der Waals surface area contributed by atoms with Gasteiger partial charge in [-0.2, -0.15) is 10.2 Å². The van der Waals surface area contributed by atoms with Crippen molar-refractivity contribution >= 4 is 28.9 Å². The first-order chi connectivity index (χ1) is 28.9. The van der Waals surface area contributed by atoms with E-state index in [1.807, 2.05) is 52.0 Å². The van der Waals surface area contributed by atoms with Gasteiger partial charge in [0.05, 0.1) is 24.5 Å². The molecule has 2 fully saturated rings. The predicted molar refractivity (Wildman–Crippen MR) is 222 cm³/mol. The van der Waals surface area contributed by atoms with E-state index in [0.29, 0.717) is 90.6 Å². The zero-order valence-electron chi connectivity index (χ0n) is 34.9. The third kappa shape index (κ3) is 12.9. The van der Waals surface area contributed by atoms with Crippen LogP contribution in [-0.2, 0) is 13.1 Å². The summed E-state index contributed by atoms with van der Waals surface area (Å²) in [5.74, 6) is -0.617. The molecular weight excluding hydrogens is 820 g/mol. The van der Waals surface area contributed by atoms with Gasteiger partial charge in [-0.05, 0) is 71.6 Å². The van der Waals surface area contributed by atoms with Crippen LogP contribution in [0.4, 0.5) is 34.9 Å². The fourth-order valence-corrected chi connectivity index (χ4v) is 7.18. The first-order valence-electron chi connectivity index (χ1n) is 20.0. The van der Waals surface area contributed by atoms with Gasteiger partial charge in [-0.3, -0.25) is 0 Å². The molecular formula is C40H51ClF4N14O2. The molecule has 0 spiro atoms. The molecule has 0 unspecified atom stereocenters. The van der Waals surface area contributed by atoms with Crippen LogP contribution in [0.15, 0.2) is 45.2 Å². The summed E-state index contributed by atoms with van der Waals surface area (Å²) in [6.45, 7) is 11.9. The standard InChI is InChI=1S/C20H25F2N7O.C16H19ClF2N4.C4H7N3O/c1-12-8-13(2)29(28-12)18-10-16(23-11-19-27-26-14(3)30-19)9-17(25-18)24-15-4-6-20(21,22)7-5-15;1-10-7-11(2)23(22-10)15-9-12(17)8-14(21-15)20-13-3-5-16(18,19)6-4-13;1-3-6-7-4(2-5)8-3/h8-10,15H,4-7,11H2,1-3H3,(H2,23,24,25);7-9,13H,3-6H2,1-2H3,(H,20,21);2,5H2,1H3. The molecule has 61 heavy (non-hydrogen) atoms. The van der Waals surface area contributed by atoms with Crippen LogP contribution < -0.4 is 21.7 Å². The van der Waals surface area contributed by atoms with Crippen molar-refractivity contribution in [3.05, 3.63) is 87.8 Å². The Morgan fingerprint density at radius 2 is 1.11 bits per heavy atom. The zero-order valence-corrected chi connectivity index (χ0v) is 35.7. The highest BCUT2D eigenvalue weighted by Crippen LogP contribution is 2.36. The number of rotatable bonds is 10. The average molecular weight is 871 g/mol. The highest BCUT2D eigenvalue weighted by Gasteiger charge is 2.36. The molecule has 0 aromatic carbocycles. The maximum absolute atomic E-state index is 13.5. The second-order valence-corrected chi connectivity index (χ2v) is 15.8. The van der Waals surface area contributed by atoms with Gasteiger partial charge in [-0.15, -0.1) is 20.4 Å². The Balaban J connectivity index is 0.000000177. The van der Waals surface area contributed by atoms with Gasteiger partial charge in [0.1, 0.15) is 11.6 Å². The molecule has 0 saturated heterocycles. The Morgan fingerprint density at radius 3 is 1.52 bits per heavy atom. The molecule has 6 aromatic heterocycles. The molecule has 0 amide bonds. The van der Waals surface area contributed by atoms with Crippen LogP contribution in [-0.4, -0.2) is 73.9 Å². The molecule has 21 heteroatoms. The second-order valence-electron chi connectivity index (χ2n) is 15.3. The van der Waals surface area contributed by atoms with Crippen LogP contribution in [0, 0.1) is 41.5 Å². The molecule has 5 N–H and O–H groups in total. The van der Waals surface area contributed by atoms with Crippen molar-refractivity contribution in [3.63, 3.8) is 0 Å². The number of nitrogens with zero attached hydrogens (tertiary/aromatic N) is 10. The summed E-state index contributed by atoms with van der Waals surface area (Å²) in [5.41, 5.74) is 9.65.